The lowest BCUT2D eigenvalue weighted by Crippen LogP contribution is -2.33. The van der Waals surface area contributed by atoms with Crippen molar-refractivity contribution < 1.29 is 14.5 Å². The normalized spacial score (nSPS) is 10.5. The number of non-ortho nitro benzene ring substituents is 1. The Labute approximate surface area is 179 Å². The summed E-state index contributed by atoms with van der Waals surface area (Å²) in [6.07, 6.45) is 2.80. The summed E-state index contributed by atoms with van der Waals surface area (Å²) in [6.45, 7) is 5.13. The number of hydrogen-bond donors (Lipinski definition) is 2. The van der Waals surface area contributed by atoms with Gasteiger partial charge < -0.3 is 10.2 Å². The number of amides is 2. The third-order valence-corrected chi connectivity index (χ3v) is 4.41. The average molecular weight is 426 g/mol. The van der Waals surface area contributed by atoms with Gasteiger partial charge in [-0.2, -0.15) is 0 Å². The van der Waals surface area contributed by atoms with Crippen LogP contribution in [0.4, 0.5) is 11.4 Å². The number of nitrogens with zero attached hydrogens (tertiary/aromatic N) is 2. The van der Waals surface area contributed by atoms with Crippen molar-refractivity contribution in [3.05, 3.63) is 75.8 Å². The highest BCUT2D eigenvalue weighted by Crippen LogP contribution is 2.13. The Morgan fingerprint density at radius 1 is 1.07 bits per heavy atom. The minimum Gasteiger partial charge on any atom is -0.339 e. The summed E-state index contributed by atoms with van der Waals surface area (Å²) < 4.78 is 0. The number of benzene rings is 2. The van der Waals surface area contributed by atoms with Gasteiger partial charge in [0, 0.05) is 42.5 Å². The number of hydrogen-bond acceptors (Lipinski definition) is 5. The van der Waals surface area contributed by atoms with Crippen LogP contribution >= 0.6 is 12.2 Å². The molecule has 0 fully saturated rings. The molecule has 0 saturated carbocycles. The molecule has 30 heavy (non-hydrogen) atoms. The Morgan fingerprint density at radius 3 is 2.20 bits per heavy atom. The van der Waals surface area contributed by atoms with E-state index in [1.54, 1.807) is 41.3 Å². The molecule has 0 unspecified atom stereocenters. The maximum atomic E-state index is 12.3. The summed E-state index contributed by atoms with van der Waals surface area (Å²) in [5.41, 5.74) is 1.83. The van der Waals surface area contributed by atoms with Crippen molar-refractivity contribution >= 4 is 46.6 Å². The van der Waals surface area contributed by atoms with Gasteiger partial charge in [0.25, 0.3) is 11.6 Å². The molecule has 0 spiro atoms. The molecule has 156 valence electrons. The topological polar surface area (TPSA) is 105 Å². The summed E-state index contributed by atoms with van der Waals surface area (Å²) in [5.74, 6) is -0.488. The average Bonchev–Trinajstić information content (AvgIpc) is 2.73. The first kappa shape index (κ1) is 22.7. The number of carbonyl (C=O) groups excluding carboxylic acids is 2. The van der Waals surface area contributed by atoms with Gasteiger partial charge in [-0.3, -0.25) is 25.0 Å². The van der Waals surface area contributed by atoms with Crippen LogP contribution in [0.3, 0.4) is 0 Å². The van der Waals surface area contributed by atoms with Crippen LogP contribution in [-0.2, 0) is 4.79 Å². The van der Waals surface area contributed by atoms with Gasteiger partial charge in [0.15, 0.2) is 5.11 Å². The summed E-state index contributed by atoms with van der Waals surface area (Å²) in [4.78, 5) is 36.2. The van der Waals surface area contributed by atoms with Gasteiger partial charge in [0.1, 0.15) is 0 Å². The first-order valence-corrected chi connectivity index (χ1v) is 9.68. The zero-order valence-electron chi connectivity index (χ0n) is 16.6. The van der Waals surface area contributed by atoms with Gasteiger partial charge in [-0.25, -0.2) is 0 Å². The lowest BCUT2D eigenvalue weighted by atomic mass is 10.2. The predicted molar refractivity (Wildman–Crippen MR) is 120 cm³/mol. The standard InChI is InChI=1S/C21H22N4O4S/c1-3-24(4-2)20(27)16-8-10-17(11-9-16)22-21(30)23-19(26)14-7-15-5-12-18(13-6-15)25(28)29/h5-14H,3-4H2,1-2H3,(H2,22,23,26,30)/b14-7+. The largest absolute Gasteiger partial charge is 0.339 e. The highest BCUT2D eigenvalue weighted by Gasteiger charge is 2.12. The fraction of sp³-hybridized carbons (Fsp3) is 0.190. The van der Waals surface area contributed by atoms with Crippen LogP contribution in [0.25, 0.3) is 6.08 Å². The molecule has 0 aliphatic heterocycles. The maximum absolute atomic E-state index is 12.3. The molecular formula is C21H22N4O4S. The monoisotopic (exact) mass is 426 g/mol. The van der Waals surface area contributed by atoms with E-state index < -0.39 is 10.8 Å². The van der Waals surface area contributed by atoms with Crippen LogP contribution in [0, 0.1) is 10.1 Å². The first-order valence-electron chi connectivity index (χ1n) is 9.27. The number of anilines is 1. The molecule has 0 radical (unpaired) electrons. The molecular weight excluding hydrogens is 404 g/mol. The van der Waals surface area contributed by atoms with Gasteiger partial charge >= 0.3 is 0 Å². The lowest BCUT2D eigenvalue weighted by molar-refractivity contribution is -0.384. The van der Waals surface area contributed by atoms with Crippen LogP contribution in [0.1, 0.15) is 29.8 Å². The van der Waals surface area contributed by atoms with Crippen LogP contribution in [0.5, 0.6) is 0 Å². The van der Waals surface area contributed by atoms with Gasteiger partial charge in [0.05, 0.1) is 4.92 Å². The van der Waals surface area contributed by atoms with Crippen molar-refractivity contribution in [1.29, 1.82) is 0 Å². The Balaban J connectivity index is 1.89. The molecule has 8 nitrogen and oxygen atoms in total. The van der Waals surface area contributed by atoms with Crippen LogP contribution in [0.15, 0.2) is 54.6 Å². The quantitative estimate of drug-likeness (QED) is 0.303. The number of thiocarbonyl (C=S) groups is 1. The predicted octanol–water partition coefficient (Wildman–Crippen LogP) is 3.60. The van der Waals surface area contributed by atoms with E-state index in [-0.39, 0.29) is 16.7 Å². The van der Waals surface area contributed by atoms with Gasteiger partial charge in [0.2, 0.25) is 5.91 Å². The lowest BCUT2D eigenvalue weighted by Gasteiger charge is -2.18. The van der Waals surface area contributed by atoms with Crippen LogP contribution < -0.4 is 10.6 Å². The summed E-state index contributed by atoms with van der Waals surface area (Å²) >= 11 is 5.13. The van der Waals surface area contributed by atoms with E-state index in [4.69, 9.17) is 12.2 Å². The van der Waals surface area contributed by atoms with E-state index >= 15 is 0 Å². The smallest absolute Gasteiger partial charge is 0.269 e. The Morgan fingerprint density at radius 2 is 1.67 bits per heavy atom. The van der Waals surface area contributed by atoms with E-state index in [1.807, 2.05) is 13.8 Å². The number of nitrogens with one attached hydrogen (secondary N) is 2. The van der Waals surface area contributed by atoms with E-state index in [0.29, 0.717) is 29.9 Å². The molecule has 9 heteroatoms. The molecule has 0 aromatic heterocycles. The number of carbonyl (C=O) groups is 2. The zero-order valence-corrected chi connectivity index (χ0v) is 17.4. The molecule has 2 aromatic rings. The third-order valence-electron chi connectivity index (χ3n) is 4.21. The van der Waals surface area contributed by atoms with Crippen LogP contribution in [0.2, 0.25) is 0 Å². The summed E-state index contributed by atoms with van der Waals surface area (Å²) in [7, 11) is 0. The fourth-order valence-corrected chi connectivity index (χ4v) is 2.80. The number of rotatable bonds is 7. The maximum Gasteiger partial charge on any atom is 0.269 e. The number of nitro groups is 1. The second kappa shape index (κ2) is 10.8. The van der Waals surface area contributed by atoms with E-state index in [0.717, 1.165) is 0 Å². The molecule has 2 aromatic carbocycles. The highest BCUT2D eigenvalue weighted by molar-refractivity contribution is 7.80. The van der Waals surface area contributed by atoms with E-state index in [1.165, 1.54) is 24.3 Å². The molecule has 0 saturated heterocycles. The molecule has 0 aliphatic rings. The highest BCUT2D eigenvalue weighted by atomic mass is 32.1. The minimum absolute atomic E-state index is 0.0215. The second-order valence-electron chi connectivity index (χ2n) is 6.18. The third kappa shape index (κ3) is 6.49. The summed E-state index contributed by atoms with van der Waals surface area (Å²) in [5, 5.41) is 16.1. The Kier molecular flexibility index (Phi) is 8.18. The van der Waals surface area contributed by atoms with Gasteiger partial charge in [-0.05, 0) is 74.1 Å². The molecule has 2 amide bonds. The van der Waals surface area contributed by atoms with E-state index in [2.05, 4.69) is 10.6 Å². The zero-order chi connectivity index (χ0) is 22.1. The SMILES string of the molecule is CCN(CC)C(=O)c1ccc(NC(=S)NC(=O)/C=C/c2ccc([N+](=O)[O-])cc2)cc1. The fourth-order valence-electron chi connectivity index (χ4n) is 2.58. The van der Waals surface area contributed by atoms with Crippen molar-refractivity contribution in [2.45, 2.75) is 13.8 Å². The first-order chi connectivity index (χ1) is 14.3. The van der Waals surface area contributed by atoms with Crippen molar-refractivity contribution in [3.63, 3.8) is 0 Å². The minimum atomic E-state index is -0.490. The molecule has 2 rings (SSSR count). The van der Waals surface area contributed by atoms with Crippen molar-refractivity contribution in [3.8, 4) is 0 Å². The van der Waals surface area contributed by atoms with Crippen molar-refractivity contribution in [2.75, 3.05) is 18.4 Å². The number of nitro benzene ring substituents is 1. The van der Waals surface area contributed by atoms with Crippen molar-refractivity contribution in [2.24, 2.45) is 0 Å². The molecule has 0 atom stereocenters. The Hall–Kier alpha value is -3.59. The molecule has 0 bridgehead atoms. The van der Waals surface area contributed by atoms with Gasteiger partial charge in [-0.1, -0.05) is 0 Å². The second-order valence-corrected chi connectivity index (χ2v) is 6.59. The molecule has 0 heterocycles. The van der Waals surface area contributed by atoms with Gasteiger partial charge in [-0.15, -0.1) is 0 Å². The van der Waals surface area contributed by atoms with E-state index in [9.17, 15) is 19.7 Å². The van der Waals surface area contributed by atoms with Crippen molar-refractivity contribution in [1.82, 2.24) is 10.2 Å². The molecule has 0 aliphatic carbocycles. The molecule has 2 N–H and O–H groups in total. The van der Waals surface area contributed by atoms with Crippen LogP contribution in [-0.4, -0.2) is 39.8 Å². The summed E-state index contributed by atoms with van der Waals surface area (Å²) in [6, 6.07) is 12.6. The Bertz CT molecular complexity index is 952.